The fourth-order valence-corrected chi connectivity index (χ4v) is 4.07. The molecule has 1 heterocycles. The summed E-state index contributed by atoms with van der Waals surface area (Å²) in [5.41, 5.74) is 1.79. The third-order valence-electron chi connectivity index (χ3n) is 5.84. The highest BCUT2D eigenvalue weighted by atomic mass is 16.5. The molecule has 0 aliphatic rings. The van der Waals surface area contributed by atoms with Crippen molar-refractivity contribution in [2.24, 2.45) is 0 Å². The van der Waals surface area contributed by atoms with E-state index in [0.29, 0.717) is 45.8 Å². The standard InChI is InChI=1S/C27H25N5O3/c1-4-22(31(2)27(34)29-19-11-9-10-18(16-19)17-28)25-30-21-13-6-5-12-20(21)26(33)32(25)23-14-7-8-15-24(23)35-3/h5-16,22H,4H2,1-3H3,(H,29,34). The number of ether oxygens (including phenoxy) is 1. The monoisotopic (exact) mass is 467 g/mol. The molecule has 0 spiro atoms. The number of fused-ring (bicyclic) bond motifs is 1. The highest BCUT2D eigenvalue weighted by Gasteiger charge is 2.27. The number of carbonyl (C=O) groups is 1. The zero-order valence-corrected chi connectivity index (χ0v) is 19.7. The second kappa shape index (κ2) is 10.1. The lowest BCUT2D eigenvalue weighted by Gasteiger charge is -2.29. The van der Waals surface area contributed by atoms with Gasteiger partial charge in [-0.05, 0) is 48.9 Å². The lowest BCUT2D eigenvalue weighted by atomic mass is 10.1. The van der Waals surface area contributed by atoms with Crippen molar-refractivity contribution in [3.8, 4) is 17.5 Å². The molecule has 4 rings (SSSR count). The molecule has 0 aliphatic carbocycles. The van der Waals surface area contributed by atoms with Gasteiger partial charge in [0, 0.05) is 12.7 Å². The van der Waals surface area contributed by atoms with Crippen LogP contribution in [-0.4, -0.2) is 34.6 Å². The minimum atomic E-state index is -0.531. The number of methoxy groups -OCH3 is 1. The fourth-order valence-electron chi connectivity index (χ4n) is 4.07. The molecule has 1 atom stereocenters. The Morgan fingerprint density at radius 2 is 1.89 bits per heavy atom. The number of nitrogens with zero attached hydrogens (tertiary/aromatic N) is 4. The molecule has 0 fully saturated rings. The highest BCUT2D eigenvalue weighted by molar-refractivity contribution is 5.89. The second-order valence-electron chi connectivity index (χ2n) is 7.96. The van der Waals surface area contributed by atoms with Gasteiger partial charge >= 0.3 is 6.03 Å². The summed E-state index contributed by atoms with van der Waals surface area (Å²) in [6.45, 7) is 1.93. The summed E-state index contributed by atoms with van der Waals surface area (Å²) in [6.07, 6.45) is 0.502. The number of anilines is 1. The Bertz CT molecular complexity index is 1490. The Morgan fingerprint density at radius 1 is 1.14 bits per heavy atom. The number of hydrogen-bond acceptors (Lipinski definition) is 5. The van der Waals surface area contributed by atoms with Crippen molar-refractivity contribution in [3.05, 3.63) is 94.5 Å². The molecule has 0 saturated carbocycles. The lowest BCUT2D eigenvalue weighted by molar-refractivity contribution is 0.199. The number of para-hydroxylation sites is 3. The van der Waals surface area contributed by atoms with Gasteiger partial charge in [-0.1, -0.05) is 37.3 Å². The molecule has 8 nitrogen and oxygen atoms in total. The quantitative estimate of drug-likeness (QED) is 0.436. The van der Waals surface area contributed by atoms with Crippen molar-refractivity contribution < 1.29 is 9.53 Å². The zero-order valence-electron chi connectivity index (χ0n) is 19.7. The molecule has 8 heteroatoms. The first kappa shape index (κ1) is 23.5. The third-order valence-corrected chi connectivity index (χ3v) is 5.84. The minimum Gasteiger partial charge on any atom is -0.495 e. The topological polar surface area (TPSA) is 100 Å². The molecule has 1 aromatic heterocycles. The zero-order chi connectivity index (χ0) is 24.9. The lowest BCUT2D eigenvalue weighted by Crippen LogP contribution is -2.38. The van der Waals surface area contributed by atoms with E-state index in [9.17, 15) is 9.59 Å². The van der Waals surface area contributed by atoms with Gasteiger partial charge in [0.2, 0.25) is 0 Å². The van der Waals surface area contributed by atoms with Gasteiger partial charge in [-0.25, -0.2) is 9.78 Å². The summed E-state index contributed by atoms with van der Waals surface area (Å²) >= 11 is 0. The number of benzene rings is 3. The van der Waals surface area contributed by atoms with Gasteiger partial charge < -0.3 is 15.0 Å². The van der Waals surface area contributed by atoms with Crippen LogP contribution in [0.5, 0.6) is 5.75 Å². The predicted molar refractivity (Wildman–Crippen MR) is 135 cm³/mol. The van der Waals surface area contributed by atoms with Gasteiger partial charge in [-0.3, -0.25) is 9.36 Å². The molecule has 0 radical (unpaired) electrons. The molecule has 2 amide bonds. The predicted octanol–water partition coefficient (Wildman–Crippen LogP) is 4.88. The number of amides is 2. The van der Waals surface area contributed by atoms with E-state index in [2.05, 4.69) is 11.4 Å². The number of rotatable bonds is 6. The van der Waals surface area contributed by atoms with E-state index in [4.69, 9.17) is 15.0 Å². The number of nitriles is 1. The Labute approximate surface area is 203 Å². The number of nitrogens with one attached hydrogen (secondary N) is 1. The summed E-state index contributed by atoms with van der Waals surface area (Å²) in [4.78, 5) is 33.3. The minimum absolute atomic E-state index is 0.246. The SMILES string of the molecule is CCC(c1nc2ccccc2c(=O)n1-c1ccccc1OC)N(C)C(=O)Nc1cccc(C#N)c1. The average Bonchev–Trinajstić information content (AvgIpc) is 2.89. The van der Waals surface area contributed by atoms with Gasteiger partial charge in [-0.2, -0.15) is 5.26 Å². The van der Waals surface area contributed by atoms with Crippen molar-refractivity contribution in [1.29, 1.82) is 5.26 Å². The van der Waals surface area contributed by atoms with E-state index in [-0.39, 0.29) is 11.6 Å². The molecule has 0 bridgehead atoms. The average molecular weight is 468 g/mol. The molecule has 176 valence electrons. The van der Waals surface area contributed by atoms with Crippen LogP contribution in [-0.2, 0) is 0 Å². The first-order chi connectivity index (χ1) is 17.0. The molecular formula is C27H25N5O3. The van der Waals surface area contributed by atoms with Crippen LogP contribution >= 0.6 is 0 Å². The number of hydrogen-bond donors (Lipinski definition) is 1. The molecule has 3 aromatic carbocycles. The molecule has 35 heavy (non-hydrogen) atoms. The Morgan fingerprint density at radius 3 is 2.63 bits per heavy atom. The van der Waals surface area contributed by atoms with Gasteiger partial charge in [0.1, 0.15) is 11.6 Å². The Kier molecular flexibility index (Phi) is 6.78. The summed E-state index contributed by atoms with van der Waals surface area (Å²) in [5, 5.41) is 12.5. The third kappa shape index (κ3) is 4.57. The molecule has 1 unspecified atom stereocenters. The smallest absolute Gasteiger partial charge is 0.322 e. The summed E-state index contributed by atoms with van der Waals surface area (Å²) in [7, 11) is 3.20. The van der Waals surface area contributed by atoms with Crippen LogP contribution in [0.2, 0.25) is 0 Å². The number of aromatic nitrogens is 2. The maximum absolute atomic E-state index is 13.7. The van der Waals surface area contributed by atoms with E-state index in [1.54, 1.807) is 68.8 Å². The van der Waals surface area contributed by atoms with Gasteiger partial charge in [0.05, 0.1) is 41.4 Å². The Hall–Kier alpha value is -4.64. The highest BCUT2D eigenvalue weighted by Crippen LogP contribution is 2.29. The van der Waals surface area contributed by atoms with E-state index in [0.717, 1.165) is 0 Å². The summed E-state index contributed by atoms with van der Waals surface area (Å²) in [6, 6.07) is 22.2. The van der Waals surface area contributed by atoms with Crippen LogP contribution in [0.25, 0.3) is 16.6 Å². The van der Waals surface area contributed by atoms with Gasteiger partial charge in [0.15, 0.2) is 0 Å². The Balaban J connectivity index is 1.84. The van der Waals surface area contributed by atoms with Crippen molar-refractivity contribution in [2.75, 3.05) is 19.5 Å². The van der Waals surface area contributed by atoms with Gasteiger partial charge in [-0.15, -0.1) is 0 Å². The normalized spacial score (nSPS) is 11.5. The molecule has 0 aliphatic heterocycles. The van der Waals surface area contributed by atoms with Crippen molar-refractivity contribution in [1.82, 2.24) is 14.5 Å². The van der Waals surface area contributed by atoms with E-state index >= 15 is 0 Å². The van der Waals surface area contributed by atoms with E-state index in [1.165, 1.54) is 9.47 Å². The first-order valence-electron chi connectivity index (χ1n) is 11.2. The van der Waals surface area contributed by atoms with Crippen molar-refractivity contribution in [2.45, 2.75) is 19.4 Å². The summed E-state index contributed by atoms with van der Waals surface area (Å²) < 4.78 is 7.06. The van der Waals surface area contributed by atoms with Crippen molar-refractivity contribution in [3.63, 3.8) is 0 Å². The maximum Gasteiger partial charge on any atom is 0.322 e. The molecule has 1 N–H and O–H groups in total. The molecule has 0 saturated heterocycles. The number of carbonyl (C=O) groups excluding carboxylic acids is 1. The van der Waals surface area contributed by atoms with Crippen LogP contribution in [0.3, 0.4) is 0 Å². The van der Waals surface area contributed by atoms with Crippen LogP contribution in [0.15, 0.2) is 77.6 Å². The second-order valence-corrected chi connectivity index (χ2v) is 7.96. The number of urea groups is 1. The summed E-state index contributed by atoms with van der Waals surface area (Å²) in [5.74, 6) is 0.937. The van der Waals surface area contributed by atoms with Crippen LogP contribution in [0, 0.1) is 11.3 Å². The van der Waals surface area contributed by atoms with Crippen LogP contribution in [0.1, 0.15) is 30.8 Å². The molecular weight excluding hydrogens is 442 g/mol. The van der Waals surface area contributed by atoms with E-state index < -0.39 is 6.04 Å². The van der Waals surface area contributed by atoms with Crippen LogP contribution in [0.4, 0.5) is 10.5 Å². The maximum atomic E-state index is 13.7. The largest absolute Gasteiger partial charge is 0.495 e. The van der Waals surface area contributed by atoms with Gasteiger partial charge in [0.25, 0.3) is 5.56 Å². The fraction of sp³-hybridized carbons (Fsp3) is 0.185. The molecule has 4 aromatic rings. The van der Waals surface area contributed by atoms with Crippen molar-refractivity contribution >= 4 is 22.6 Å². The first-order valence-corrected chi connectivity index (χ1v) is 11.2. The van der Waals surface area contributed by atoms with Crippen LogP contribution < -0.4 is 15.6 Å². The van der Waals surface area contributed by atoms with E-state index in [1.807, 2.05) is 25.1 Å².